The van der Waals surface area contributed by atoms with Gasteiger partial charge < -0.3 is 4.74 Å². The zero-order chi connectivity index (χ0) is 14.2. The maximum absolute atomic E-state index is 5.73. The molecule has 2 aromatic rings. The van der Waals surface area contributed by atoms with Gasteiger partial charge in [0.05, 0.1) is 34.4 Å². The average molecular weight is 331 g/mol. The molecule has 0 saturated heterocycles. The monoisotopic (exact) mass is 330 g/mol. The second kappa shape index (κ2) is 8.72. The highest BCUT2D eigenvalue weighted by Crippen LogP contribution is 2.14. The van der Waals surface area contributed by atoms with E-state index in [0.717, 1.165) is 50.3 Å². The van der Waals surface area contributed by atoms with E-state index >= 15 is 0 Å². The zero-order valence-corrected chi connectivity index (χ0v) is 14.0. The minimum atomic E-state index is 0.511. The van der Waals surface area contributed by atoms with Crippen LogP contribution < -0.4 is 0 Å². The Morgan fingerprint density at radius 2 is 2.10 bits per heavy atom. The van der Waals surface area contributed by atoms with Crippen molar-refractivity contribution in [1.29, 1.82) is 0 Å². The average Bonchev–Trinajstić information content (AvgIpc) is 3.07. The highest BCUT2D eigenvalue weighted by Gasteiger charge is 2.02. The maximum atomic E-state index is 5.73. The lowest BCUT2D eigenvalue weighted by Gasteiger charge is -2.03. The van der Waals surface area contributed by atoms with E-state index in [-0.39, 0.29) is 0 Å². The Labute approximate surface area is 133 Å². The van der Waals surface area contributed by atoms with E-state index in [1.165, 1.54) is 9.88 Å². The Morgan fingerprint density at radius 1 is 1.20 bits per heavy atom. The fourth-order valence-corrected chi connectivity index (χ4v) is 3.67. The van der Waals surface area contributed by atoms with E-state index in [1.807, 2.05) is 10.9 Å². The van der Waals surface area contributed by atoms with Crippen molar-refractivity contribution >= 4 is 34.3 Å². The largest absolute Gasteiger partial charge is 0.381 e. The van der Waals surface area contributed by atoms with Crippen LogP contribution in [0.25, 0.3) is 0 Å². The third kappa shape index (κ3) is 5.13. The van der Waals surface area contributed by atoms with Crippen LogP contribution in [0.2, 0.25) is 0 Å². The van der Waals surface area contributed by atoms with Gasteiger partial charge in [0.1, 0.15) is 0 Å². The first-order valence-electron chi connectivity index (χ1n) is 6.75. The molecule has 0 N–H and O–H groups in total. The first kappa shape index (κ1) is 15.9. The van der Waals surface area contributed by atoms with Crippen LogP contribution in [0.4, 0.5) is 0 Å². The molecule has 0 atom stereocenters. The van der Waals surface area contributed by atoms with Gasteiger partial charge in [-0.1, -0.05) is 0 Å². The van der Waals surface area contributed by atoms with E-state index in [9.17, 15) is 0 Å². The second-order valence-electron chi connectivity index (χ2n) is 4.55. The number of hydrogen-bond donors (Lipinski definition) is 0. The Hall–Kier alpha value is -0.490. The lowest BCUT2D eigenvalue weighted by Crippen LogP contribution is -2.01. The molecule has 3 nitrogen and oxygen atoms in total. The second-order valence-corrected chi connectivity index (χ2v) is 6.70. The first-order chi connectivity index (χ1) is 9.79. The molecule has 2 rings (SSSR count). The van der Waals surface area contributed by atoms with Gasteiger partial charge in [0.15, 0.2) is 0 Å². The molecule has 0 spiro atoms. The molecule has 20 heavy (non-hydrogen) atoms. The van der Waals surface area contributed by atoms with Crippen molar-refractivity contribution in [2.24, 2.45) is 0 Å². The standard InChI is InChI=1S/C14H19ClN2OS2/c1-11-13(20-10-16-11)5-7-18-6-3-2-4-14-17-12(8-15)9-19-14/h9-10H,2-8H2,1H3. The molecule has 110 valence electrons. The van der Waals surface area contributed by atoms with Crippen LogP contribution >= 0.6 is 34.3 Å². The summed E-state index contributed by atoms with van der Waals surface area (Å²) in [6.07, 6.45) is 4.20. The van der Waals surface area contributed by atoms with Crippen LogP contribution in [0.1, 0.15) is 34.1 Å². The molecule has 6 heteroatoms. The summed E-state index contributed by atoms with van der Waals surface area (Å²) in [6.45, 7) is 3.66. The molecule has 0 aliphatic rings. The number of alkyl halides is 1. The summed E-state index contributed by atoms with van der Waals surface area (Å²) < 4.78 is 5.67. The van der Waals surface area contributed by atoms with Crippen molar-refractivity contribution in [3.05, 3.63) is 32.2 Å². The van der Waals surface area contributed by atoms with E-state index in [1.54, 1.807) is 22.7 Å². The van der Waals surface area contributed by atoms with Crippen molar-refractivity contribution in [3.63, 3.8) is 0 Å². The number of nitrogens with zero attached hydrogens (tertiary/aromatic N) is 2. The summed E-state index contributed by atoms with van der Waals surface area (Å²) in [5.41, 5.74) is 4.02. The van der Waals surface area contributed by atoms with E-state index < -0.39 is 0 Å². The number of aromatic nitrogens is 2. The van der Waals surface area contributed by atoms with Gasteiger partial charge in [-0.05, 0) is 26.2 Å². The summed E-state index contributed by atoms with van der Waals surface area (Å²) in [5.74, 6) is 0.511. The smallest absolute Gasteiger partial charge is 0.0928 e. The van der Waals surface area contributed by atoms with Gasteiger partial charge in [-0.3, -0.25) is 0 Å². The van der Waals surface area contributed by atoms with E-state index in [4.69, 9.17) is 16.3 Å². The van der Waals surface area contributed by atoms with Crippen molar-refractivity contribution in [3.8, 4) is 0 Å². The molecular weight excluding hydrogens is 312 g/mol. The number of hydrogen-bond acceptors (Lipinski definition) is 5. The Morgan fingerprint density at radius 3 is 2.80 bits per heavy atom. The molecule has 0 saturated carbocycles. The molecule has 0 bridgehead atoms. The summed E-state index contributed by atoms with van der Waals surface area (Å²) in [4.78, 5) is 10.0. The summed E-state index contributed by atoms with van der Waals surface area (Å²) in [7, 11) is 0. The number of unbranched alkanes of at least 4 members (excludes halogenated alkanes) is 1. The predicted octanol–water partition coefficient (Wildman–Crippen LogP) is 4.23. The summed E-state index contributed by atoms with van der Waals surface area (Å²) in [6, 6.07) is 0. The third-order valence-electron chi connectivity index (χ3n) is 2.98. The molecule has 0 radical (unpaired) electrons. The van der Waals surface area contributed by atoms with E-state index in [2.05, 4.69) is 16.9 Å². The number of aryl methyl sites for hydroxylation is 2. The van der Waals surface area contributed by atoms with Crippen LogP contribution in [0.5, 0.6) is 0 Å². The molecule has 0 fully saturated rings. The Bertz CT molecular complexity index is 513. The fourth-order valence-electron chi connectivity index (χ4n) is 1.84. The fraction of sp³-hybridized carbons (Fsp3) is 0.571. The van der Waals surface area contributed by atoms with Crippen molar-refractivity contribution in [1.82, 2.24) is 9.97 Å². The van der Waals surface area contributed by atoms with Gasteiger partial charge >= 0.3 is 0 Å². The highest BCUT2D eigenvalue weighted by molar-refractivity contribution is 7.10. The quantitative estimate of drug-likeness (QED) is 0.510. The molecule has 0 aliphatic carbocycles. The molecule has 2 heterocycles. The summed E-state index contributed by atoms with van der Waals surface area (Å²) in [5, 5.41) is 3.22. The Kier molecular flexibility index (Phi) is 6.93. The number of thiazole rings is 2. The lowest BCUT2D eigenvalue weighted by atomic mass is 10.2. The molecule has 0 aliphatic heterocycles. The van der Waals surface area contributed by atoms with Crippen LogP contribution in [0.3, 0.4) is 0 Å². The summed E-state index contributed by atoms with van der Waals surface area (Å²) >= 11 is 9.14. The van der Waals surface area contributed by atoms with E-state index in [0.29, 0.717) is 5.88 Å². The van der Waals surface area contributed by atoms with Gasteiger partial charge in [0, 0.05) is 23.3 Å². The van der Waals surface area contributed by atoms with Crippen LogP contribution in [0.15, 0.2) is 10.9 Å². The topological polar surface area (TPSA) is 35.0 Å². The number of halogens is 1. The van der Waals surface area contributed by atoms with Crippen LogP contribution in [-0.2, 0) is 23.5 Å². The van der Waals surface area contributed by atoms with Gasteiger partial charge in [-0.25, -0.2) is 9.97 Å². The lowest BCUT2D eigenvalue weighted by molar-refractivity contribution is 0.134. The highest BCUT2D eigenvalue weighted by atomic mass is 35.5. The molecule has 2 aromatic heterocycles. The van der Waals surface area contributed by atoms with Gasteiger partial charge in [0.2, 0.25) is 0 Å². The Balaban J connectivity index is 1.50. The molecule has 0 unspecified atom stereocenters. The molecular formula is C14H19ClN2OS2. The normalized spacial score (nSPS) is 11.1. The predicted molar refractivity (Wildman–Crippen MR) is 86.0 cm³/mol. The first-order valence-corrected chi connectivity index (χ1v) is 9.05. The van der Waals surface area contributed by atoms with Crippen LogP contribution in [0, 0.1) is 6.92 Å². The zero-order valence-electron chi connectivity index (χ0n) is 11.6. The third-order valence-corrected chi connectivity index (χ3v) is 5.21. The maximum Gasteiger partial charge on any atom is 0.0928 e. The van der Waals surface area contributed by atoms with Crippen molar-refractivity contribution in [2.45, 2.75) is 38.5 Å². The van der Waals surface area contributed by atoms with Gasteiger partial charge in [-0.2, -0.15) is 0 Å². The number of rotatable bonds is 9. The van der Waals surface area contributed by atoms with Gasteiger partial charge in [-0.15, -0.1) is 34.3 Å². The SMILES string of the molecule is Cc1ncsc1CCOCCCCc1nc(CCl)cs1. The molecule has 0 amide bonds. The van der Waals surface area contributed by atoms with Gasteiger partial charge in [0.25, 0.3) is 0 Å². The minimum Gasteiger partial charge on any atom is -0.381 e. The molecule has 0 aromatic carbocycles. The van der Waals surface area contributed by atoms with Crippen LogP contribution in [-0.4, -0.2) is 23.2 Å². The number of ether oxygens (including phenoxy) is 1. The van der Waals surface area contributed by atoms with Crippen molar-refractivity contribution < 1.29 is 4.74 Å². The minimum absolute atomic E-state index is 0.511. The van der Waals surface area contributed by atoms with Crippen molar-refractivity contribution in [2.75, 3.05) is 13.2 Å².